The van der Waals surface area contributed by atoms with E-state index in [0.717, 1.165) is 34.8 Å². The van der Waals surface area contributed by atoms with Crippen molar-refractivity contribution in [1.29, 1.82) is 0 Å². The molecule has 1 unspecified atom stereocenters. The number of methoxy groups -OCH3 is 3. The minimum atomic E-state index is -4.56. The number of ether oxygens (including phenoxy) is 3. The van der Waals surface area contributed by atoms with Gasteiger partial charge >= 0.3 is 12.1 Å². The Bertz CT molecular complexity index is 1460. The number of halogens is 3. The van der Waals surface area contributed by atoms with E-state index in [1.165, 1.54) is 31.6 Å². The molecular formula is C30H33F3N4O4S. The monoisotopic (exact) mass is 602 g/mol. The molecule has 0 N–H and O–H groups in total. The van der Waals surface area contributed by atoms with Crippen molar-refractivity contribution in [1.82, 2.24) is 4.90 Å². The zero-order valence-electron chi connectivity index (χ0n) is 23.9. The lowest BCUT2D eigenvalue weighted by molar-refractivity contribution is -0.141. The van der Waals surface area contributed by atoms with Crippen molar-refractivity contribution in [2.75, 3.05) is 50.8 Å². The number of guanidine groups is 1. The fourth-order valence-electron chi connectivity index (χ4n) is 5.59. The Hall–Kier alpha value is -3.93. The molecule has 0 amide bonds. The number of anilines is 2. The zero-order valence-corrected chi connectivity index (χ0v) is 24.7. The van der Waals surface area contributed by atoms with Crippen LogP contribution in [-0.4, -0.2) is 63.8 Å². The fraction of sp³-hybridized carbons (Fsp3) is 0.400. The summed E-state index contributed by atoms with van der Waals surface area (Å²) in [6.07, 6.45) is -4.16. The van der Waals surface area contributed by atoms with Crippen molar-refractivity contribution in [3.05, 3.63) is 64.4 Å². The molecule has 2 atom stereocenters. The smallest absolute Gasteiger partial charge is 0.416 e. The van der Waals surface area contributed by atoms with E-state index < -0.39 is 23.8 Å². The van der Waals surface area contributed by atoms with E-state index >= 15 is 0 Å². The van der Waals surface area contributed by atoms with Crippen LogP contribution in [0.25, 0.3) is 0 Å². The van der Waals surface area contributed by atoms with Crippen molar-refractivity contribution in [2.24, 2.45) is 4.99 Å². The summed E-state index contributed by atoms with van der Waals surface area (Å²) in [7, 11) is 4.39. The molecule has 2 aliphatic heterocycles. The molecule has 5 rings (SSSR count). The predicted octanol–water partition coefficient (Wildman–Crippen LogP) is 6.50. The molecule has 0 bridgehead atoms. The molecule has 3 heterocycles. The van der Waals surface area contributed by atoms with E-state index in [1.807, 2.05) is 35.0 Å². The molecule has 2 aliphatic rings. The molecule has 0 spiro atoms. The van der Waals surface area contributed by atoms with Crippen LogP contribution in [0.3, 0.4) is 0 Å². The maximum Gasteiger partial charge on any atom is 0.416 e. The number of fused-ring (bicyclic) bond motifs is 1. The van der Waals surface area contributed by atoms with Crippen molar-refractivity contribution in [3.8, 4) is 11.5 Å². The Kier molecular flexibility index (Phi) is 8.53. The van der Waals surface area contributed by atoms with Crippen LogP contribution in [0.4, 0.5) is 30.2 Å². The Morgan fingerprint density at radius 3 is 2.57 bits per heavy atom. The number of hydrogen-bond acceptors (Lipinski definition) is 9. The van der Waals surface area contributed by atoms with Gasteiger partial charge in [0.25, 0.3) is 0 Å². The summed E-state index contributed by atoms with van der Waals surface area (Å²) in [5.41, 5.74) is 2.06. The number of benzene rings is 2. The lowest BCUT2D eigenvalue weighted by Gasteiger charge is -2.47. The molecule has 224 valence electrons. The first-order valence-corrected chi connectivity index (χ1v) is 14.5. The van der Waals surface area contributed by atoms with Crippen LogP contribution in [0.15, 0.2) is 58.2 Å². The average Bonchev–Trinajstić information content (AvgIpc) is 3.47. The van der Waals surface area contributed by atoms with Gasteiger partial charge in [-0.05, 0) is 49.1 Å². The number of carbonyl (C=O) groups excluding carboxylic acids is 1. The van der Waals surface area contributed by atoms with E-state index in [-0.39, 0.29) is 23.9 Å². The molecule has 0 saturated carbocycles. The van der Waals surface area contributed by atoms with Gasteiger partial charge in [0.15, 0.2) is 0 Å². The fourth-order valence-corrected chi connectivity index (χ4v) is 6.40. The van der Waals surface area contributed by atoms with Crippen molar-refractivity contribution in [2.45, 2.75) is 38.0 Å². The van der Waals surface area contributed by atoms with Crippen molar-refractivity contribution in [3.63, 3.8) is 0 Å². The van der Waals surface area contributed by atoms with E-state index in [0.29, 0.717) is 32.0 Å². The van der Waals surface area contributed by atoms with Crippen LogP contribution in [0, 0.1) is 0 Å². The highest BCUT2D eigenvalue weighted by Crippen LogP contribution is 2.47. The third-order valence-corrected chi connectivity index (χ3v) is 8.44. The molecule has 1 saturated heterocycles. The number of nitrogens with zero attached hydrogens (tertiary/aromatic N) is 4. The summed E-state index contributed by atoms with van der Waals surface area (Å²) in [6, 6.07) is 10.9. The predicted molar refractivity (Wildman–Crippen MR) is 157 cm³/mol. The highest BCUT2D eigenvalue weighted by atomic mass is 32.1. The molecule has 0 radical (unpaired) electrons. The normalized spacial score (nSPS) is 18.8. The number of esters is 1. The Morgan fingerprint density at radius 1 is 1.07 bits per heavy atom. The van der Waals surface area contributed by atoms with Crippen LogP contribution in [0.5, 0.6) is 11.5 Å². The summed E-state index contributed by atoms with van der Waals surface area (Å²) in [5, 5.41) is 3.87. The number of rotatable bonds is 7. The quantitative estimate of drug-likeness (QED) is 0.286. The van der Waals surface area contributed by atoms with Gasteiger partial charge in [-0.3, -0.25) is 4.79 Å². The van der Waals surface area contributed by atoms with Crippen LogP contribution >= 0.6 is 11.3 Å². The first kappa shape index (κ1) is 29.6. The molecule has 1 fully saturated rings. The van der Waals surface area contributed by atoms with Gasteiger partial charge in [-0.15, -0.1) is 11.3 Å². The van der Waals surface area contributed by atoms with E-state index in [9.17, 15) is 18.0 Å². The average molecular weight is 603 g/mol. The summed E-state index contributed by atoms with van der Waals surface area (Å²) >= 11 is 1.46. The molecular weight excluding hydrogens is 569 g/mol. The summed E-state index contributed by atoms with van der Waals surface area (Å²) in [5.74, 6) is 1.17. The topological polar surface area (TPSA) is 66.8 Å². The van der Waals surface area contributed by atoms with Gasteiger partial charge in [0.1, 0.15) is 11.5 Å². The lowest BCUT2D eigenvalue weighted by atomic mass is 9.98. The van der Waals surface area contributed by atoms with Gasteiger partial charge in [-0.1, -0.05) is 6.07 Å². The third-order valence-electron chi connectivity index (χ3n) is 7.69. The summed E-state index contributed by atoms with van der Waals surface area (Å²) in [6.45, 7) is 3.90. The van der Waals surface area contributed by atoms with E-state index in [2.05, 4.69) is 16.7 Å². The first-order valence-electron chi connectivity index (χ1n) is 13.6. The molecule has 42 heavy (non-hydrogen) atoms. The van der Waals surface area contributed by atoms with Crippen LogP contribution < -0.4 is 19.3 Å². The SMILES string of the molecule is COC(=O)CCC1c2cscc2N=C(N2CCN(c3cccc(OC)c3)[C@H](C)C2)N1c1cc(C(F)(F)F)ccc1OC. The third kappa shape index (κ3) is 5.85. The zero-order chi connectivity index (χ0) is 30.0. The van der Waals surface area contributed by atoms with Crippen molar-refractivity contribution < 1.29 is 32.2 Å². The van der Waals surface area contributed by atoms with Gasteiger partial charge in [0, 0.05) is 54.8 Å². The minimum absolute atomic E-state index is 0.0520. The molecule has 2 aromatic carbocycles. The second-order valence-corrected chi connectivity index (χ2v) is 10.9. The standard InChI is InChI=1S/C30H33F3N4O4S/c1-19-16-35(12-13-36(19)21-6-5-7-22(15-21)39-2)29-34-24-18-42-17-23(24)25(9-11-28(38)41-4)37(29)26-14-20(30(31,32)33)8-10-27(26)40-3/h5-8,10,14-15,17-19,25H,9,11-13,16H2,1-4H3/t19-,25?/m1/s1. The molecule has 8 nitrogen and oxygen atoms in total. The number of alkyl halides is 3. The van der Waals surface area contributed by atoms with Gasteiger partial charge in [-0.25, -0.2) is 4.99 Å². The van der Waals surface area contributed by atoms with Crippen molar-refractivity contribution >= 4 is 40.3 Å². The molecule has 12 heteroatoms. The number of carbonyl (C=O) groups is 1. The maximum absolute atomic E-state index is 13.9. The van der Waals surface area contributed by atoms with Gasteiger partial charge in [0.05, 0.1) is 44.3 Å². The minimum Gasteiger partial charge on any atom is -0.497 e. The van der Waals surface area contributed by atoms with Crippen LogP contribution in [0.2, 0.25) is 0 Å². The lowest BCUT2D eigenvalue weighted by Crippen LogP contribution is -2.58. The first-order chi connectivity index (χ1) is 20.1. The number of aliphatic imine (C=N–C) groups is 1. The number of piperazine rings is 1. The highest BCUT2D eigenvalue weighted by Gasteiger charge is 2.40. The molecule has 0 aliphatic carbocycles. The number of thiophene rings is 1. The summed E-state index contributed by atoms with van der Waals surface area (Å²) < 4.78 is 57.7. The summed E-state index contributed by atoms with van der Waals surface area (Å²) in [4.78, 5) is 23.4. The second kappa shape index (κ2) is 12.1. The van der Waals surface area contributed by atoms with Gasteiger partial charge in [0.2, 0.25) is 5.96 Å². The largest absolute Gasteiger partial charge is 0.497 e. The van der Waals surface area contributed by atoms with Crippen LogP contribution in [0.1, 0.15) is 36.9 Å². The second-order valence-electron chi connectivity index (χ2n) is 10.2. The van der Waals surface area contributed by atoms with E-state index in [4.69, 9.17) is 19.2 Å². The number of hydrogen-bond donors (Lipinski definition) is 0. The maximum atomic E-state index is 13.9. The highest BCUT2D eigenvalue weighted by molar-refractivity contribution is 7.08. The Balaban J connectivity index is 1.57. The Labute approximate surface area is 246 Å². The van der Waals surface area contributed by atoms with Gasteiger partial charge in [-0.2, -0.15) is 13.2 Å². The molecule has 3 aromatic rings. The van der Waals surface area contributed by atoms with E-state index in [1.54, 1.807) is 12.0 Å². The van der Waals surface area contributed by atoms with Gasteiger partial charge < -0.3 is 28.9 Å². The molecule has 1 aromatic heterocycles. The van der Waals surface area contributed by atoms with Crippen LogP contribution in [-0.2, 0) is 15.7 Å². The Morgan fingerprint density at radius 2 is 1.88 bits per heavy atom.